The maximum Gasteiger partial charge on any atom is 0.253 e. The van der Waals surface area contributed by atoms with Gasteiger partial charge in [0, 0.05) is 11.4 Å². The van der Waals surface area contributed by atoms with Crippen molar-refractivity contribution in [2.45, 2.75) is 39.2 Å². The Hall–Kier alpha value is -0.730. The van der Waals surface area contributed by atoms with E-state index in [1.165, 1.54) is 0 Å². The van der Waals surface area contributed by atoms with Crippen molar-refractivity contribution < 1.29 is 4.79 Å². The summed E-state index contributed by atoms with van der Waals surface area (Å²) in [7, 11) is 0. The second-order valence-corrected chi connectivity index (χ2v) is 5.50. The molecule has 1 atom stereocenters. The third-order valence-corrected chi connectivity index (χ3v) is 3.97. The molecule has 0 aliphatic carbocycles. The van der Waals surface area contributed by atoms with E-state index in [9.17, 15) is 4.79 Å². The van der Waals surface area contributed by atoms with Crippen molar-refractivity contribution in [3.63, 3.8) is 0 Å². The Morgan fingerprint density at radius 3 is 2.67 bits per heavy atom. The molecular formula is C14H19Cl2NO. The fourth-order valence-corrected chi connectivity index (χ4v) is 2.33. The molecule has 0 radical (unpaired) electrons. The first kappa shape index (κ1) is 15.3. The van der Waals surface area contributed by atoms with Gasteiger partial charge in [0.15, 0.2) is 0 Å². The maximum absolute atomic E-state index is 12.2. The number of nitrogens with one attached hydrogen (secondary N) is 1. The third kappa shape index (κ3) is 3.63. The Bertz CT molecular complexity index is 434. The van der Waals surface area contributed by atoms with Crippen molar-refractivity contribution >= 4 is 29.1 Å². The number of hydrogen-bond acceptors (Lipinski definition) is 1. The molecule has 1 amide bonds. The molecule has 0 fully saturated rings. The summed E-state index contributed by atoms with van der Waals surface area (Å²) in [5.41, 5.74) is 1.14. The lowest BCUT2D eigenvalue weighted by Crippen LogP contribution is -2.46. The average Bonchev–Trinajstić information content (AvgIpc) is 2.32. The fraction of sp³-hybridized carbons (Fsp3) is 0.500. The minimum atomic E-state index is -0.286. The lowest BCUT2D eigenvalue weighted by molar-refractivity contribution is 0.0901. The van der Waals surface area contributed by atoms with Gasteiger partial charge in [0.25, 0.3) is 5.91 Å². The number of rotatable bonds is 5. The molecule has 0 spiro atoms. The summed E-state index contributed by atoms with van der Waals surface area (Å²) in [6, 6.07) is 5.46. The van der Waals surface area contributed by atoms with E-state index in [4.69, 9.17) is 23.2 Å². The molecule has 1 N–H and O–H groups in total. The number of carbonyl (C=O) groups is 1. The van der Waals surface area contributed by atoms with E-state index in [1.807, 2.05) is 32.9 Å². The summed E-state index contributed by atoms with van der Waals surface area (Å²) in [4.78, 5) is 12.2. The van der Waals surface area contributed by atoms with Gasteiger partial charge < -0.3 is 5.32 Å². The molecule has 0 heterocycles. The SMILES string of the molecule is CCC(C)(CCCl)NC(=O)c1cccc(C)c1Cl. The third-order valence-electron chi connectivity index (χ3n) is 3.28. The topological polar surface area (TPSA) is 29.1 Å². The van der Waals surface area contributed by atoms with Crippen LogP contribution in [0.3, 0.4) is 0 Å². The number of hydrogen-bond donors (Lipinski definition) is 1. The van der Waals surface area contributed by atoms with Crippen LogP contribution in [0.5, 0.6) is 0 Å². The van der Waals surface area contributed by atoms with Crippen molar-refractivity contribution in [2.24, 2.45) is 0 Å². The largest absolute Gasteiger partial charge is 0.347 e. The van der Waals surface area contributed by atoms with Crippen LogP contribution < -0.4 is 5.32 Å². The molecule has 18 heavy (non-hydrogen) atoms. The number of carbonyl (C=O) groups excluding carboxylic acids is 1. The van der Waals surface area contributed by atoms with E-state index in [0.717, 1.165) is 18.4 Å². The van der Waals surface area contributed by atoms with Crippen molar-refractivity contribution in [1.82, 2.24) is 5.32 Å². The number of benzene rings is 1. The zero-order valence-corrected chi connectivity index (χ0v) is 12.5. The van der Waals surface area contributed by atoms with Crippen LogP contribution in [0.15, 0.2) is 18.2 Å². The predicted octanol–water partition coefficient (Wildman–Crippen LogP) is 4.18. The van der Waals surface area contributed by atoms with E-state index in [-0.39, 0.29) is 11.4 Å². The van der Waals surface area contributed by atoms with Crippen LogP contribution in [-0.4, -0.2) is 17.3 Å². The Balaban J connectivity index is 2.91. The summed E-state index contributed by atoms with van der Waals surface area (Å²) < 4.78 is 0. The highest BCUT2D eigenvalue weighted by Gasteiger charge is 2.25. The first-order chi connectivity index (χ1) is 8.43. The van der Waals surface area contributed by atoms with Crippen molar-refractivity contribution in [3.05, 3.63) is 34.3 Å². The zero-order chi connectivity index (χ0) is 13.8. The summed E-state index contributed by atoms with van der Waals surface area (Å²) >= 11 is 11.9. The molecule has 0 aliphatic rings. The molecule has 0 bridgehead atoms. The quantitative estimate of drug-likeness (QED) is 0.809. The minimum absolute atomic E-state index is 0.141. The lowest BCUT2D eigenvalue weighted by Gasteiger charge is -2.29. The molecule has 4 heteroatoms. The van der Waals surface area contributed by atoms with E-state index in [2.05, 4.69) is 5.32 Å². The Kier molecular flexibility index (Phi) is 5.48. The number of halogens is 2. The number of amides is 1. The smallest absolute Gasteiger partial charge is 0.253 e. The monoisotopic (exact) mass is 287 g/mol. The number of alkyl halides is 1. The van der Waals surface area contributed by atoms with Gasteiger partial charge in [0.05, 0.1) is 10.6 Å². The summed E-state index contributed by atoms with van der Waals surface area (Å²) in [5.74, 6) is 0.379. The molecule has 1 aromatic rings. The van der Waals surface area contributed by atoms with Crippen LogP contribution in [-0.2, 0) is 0 Å². The Labute approximate surface area is 119 Å². The molecule has 0 saturated heterocycles. The van der Waals surface area contributed by atoms with Crippen LogP contribution in [0.2, 0.25) is 5.02 Å². The van der Waals surface area contributed by atoms with E-state index < -0.39 is 0 Å². The van der Waals surface area contributed by atoms with E-state index >= 15 is 0 Å². The molecule has 1 rings (SSSR count). The first-order valence-corrected chi connectivity index (χ1v) is 6.98. The lowest BCUT2D eigenvalue weighted by atomic mass is 9.95. The summed E-state index contributed by atoms with van der Waals surface area (Å²) in [6.45, 7) is 5.92. The van der Waals surface area contributed by atoms with Gasteiger partial charge in [-0.3, -0.25) is 4.79 Å². The second kappa shape index (κ2) is 6.44. The van der Waals surface area contributed by atoms with Crippen LogP contribution in [0, 0.1) is 6.92 Å². The van der Waals surface area contributed by atoms with E-state index in [1.54, 1.807) is 6.07 Å². The second-order valence-electron chi connectivity index (χ2n) is 4.74. The van der Waals surface area contributed by atoms with Crippen molar-refractivity contribution in [3.8, 4) is 0 Å². The highest BCUT2D eigenvalue weighted by molar-refractivity contribution is 6.34. The van der Waals surface area contributed by atoms with Crippen LogP contribution in [0.4, 0.5) is 0 Å². The van der Waals surface area contributed by atoms with Gasteiger partial charge in [-0.2, -0.15) is 0 Å². The normalized spacial score (nSPS) is 14.1. The zero-order valence-electron chi connectivity index (χ0n) is 11.0. The molecule has 0 saturated carbocycles. The van der Waals surface area contributed by atoms with E-state index in [0.29, 0.717) is 16.5 Å². The fourth-order valence-electron chi connectivity index (χ4n) is 1.70. The van der Waals surface area contributed by atoms with Gasteiger partial charge in [-0.05, 0) is 38.3 Å². The van der Waals surface area contributed by atoms with Gasteiger partial charge in [-0.1, -0.05) is 30.7 Å². The molecule has 1 unspecified atom stereocenters. The van der Waals surface area contributed by atoms with Crippen LogP contribution in [0.25, 0.3) is 0 Å². The maximum atomic E-state index is 12.2. The number of aryl methyl sites for hydroxylation is 1. The molecule has 0 aliphatic heterocycles. The summed E-state index contributed by atoms with van der Waals surface area (Å²) in [5, 5.41) is 3.53. The molecule has 0 aromatic heterocycles. The van der Waals surface area contributed by atoms with Gasteiger partial charge >= 0.3 is 0 Å². The van der Waals surface area contributed by atoms with Gasteiger partial charge in [0.1, 0.15) is 0 Å². The first-order valence-electron chi connectivity index (χ1n) is 6.07. The highest BCUT2D eigenvalue weighted by Crippen LogP contribution is 2.22. The Morgan fingerprint density at radius 2 is 2.11 bits per heavy atom. The van der Waals surface area contributed by atoms with Crippen LogP contribution in [0.1, 0.15) is 42.6 Å². The summed E-state index contributed by atoms with van der Waals surface area (Å²) in [6.07, 6.45) is 1.56. The van der Waals surface area contributed by atoms with Crippen molar-refractivity contribution in [1.29, 1.82) is 0 Å². The van der Waals surface area contributed by atoms with Gasteiger partial charge in [0.2, 0.25) is 0 Å². The Morgan fingerprint density at radius 1 is 1.44 bits per heavy atom. The van der Waals surface area contributed by atoms with Gasteiger partial charge in [-0.25, -0.2) is 0 Å². The predicted molar refractivity (Wildman–Crippen MR) is 77.7 cm³/mol. The molecular weight excluding hydrogens is 269 g/mol. The average molecular weight is 288 g/mol. The molecule has 100 valence electrons. The molecule has 2 nitrogen and oxygen atoms in total. The highest BCUT2D eigenvalue weighted by atomic mass is 35.5. The molecule has 1 aromatic carbocycles. The van der Waals surface area contributed by atoms with Crippen molar-refractivity contribution in [2.75, 3.05) is 5.88 Å². The standard InChI is InChI=1S/C14H19Cl2NO/c1-4-14(3,8-9-15)17-13(18)11-7-5-6-10(2)12(11)16/h5-7H,4,8-9H2,1-3H3,(H,17,18). The van der Waals surface area contributed by atoms with Gasteiger partial charge in [-0.15, -0.1) is 11.6 Å². The minimum Gasteiger partial charge on any atom is -0.347 e. The van der Waals surface area contributed by atoms with Crippen LogP contribution >= 0.6 is 23.2 Å².